The molecule has 16 heavy (non-hydrogen) atoms. The Bertz CT molecular complexity index is 562. The standard InChI is InChI=1S/C11H15N3O2/c1-11(2,16)9(12)6-3-4-7-8(5-6)14-10(15)13-7/h3-5,9,16H,12H2,1-2H3,(H2,13,14,15). The summed E-state index contributed by atoms with van der Waals surface area (Å²) in [6.45, 7) is 3.31. The first-order valence-electron chi connectivity index (χ1n) is 5.08. The lowest BCUT2D eigenvalue weighted by Gasteiger charge is -2.25. The molecule has 1 atom stereocenters. The minimum absolute atomic E-state index is 0.246. The van der Waals surface area contributed by atoms with Gasteiger partial charge in [0.25, 0.3) is 0 Å². The van der Waals surface area contributed by atoms with E-state index in [-0.39, 0.29) is 5.69 Å². The lowest BCUT2D eigenvalue weighted by atomic mass is 9.93. The summed E-state index contributed by atoms with van der Waals surface area (Å²) < 4.78 is 0. The molecule has 1 unspecified atom stereocenters. The molecule has 2 rings (SSSR count). The Morgan fingerprint density at radius 1 is 1.31 bits per heavy atom. The van der Waals surface area contributed by atoms with E-state index in [0.717, 1.165) is 11.1 Å². The maximum Gasteiger partial charge on any atom is 0.323 e. The second-order valence-electron chi connectivity index (χ2n) is 4.52. The van der Waals surface area contributed by atoms with Gasteiger partial charge in [-0.15, -0.1) is 0 Å². The van der Waals surface area contributed by atoms with Crippen molar-refractivity contribution < 1.29 is 5.11 Å². The molecule has 0 aliphatic heterocycles. The van der Waals surface area contributed by atoms with Gasteiger partial charge in [-0.25, -0.2) is 4.79 Å². The van der Waals surface area contributed by atoms with Gasteiger partial charge in [0, 0.05) is 0 Å². The molecule has 0 aliphatic carbocycles. The third kappa shape index (κ3) is 1.87. The summed E-state index contributed by atoms with van der Waals surface area (Å²) in [5, 5.41) is 9.81. The number of nitrogens with one attached hydrogen (secondary N) is 2. The van der Waals surface area contributed by atoms with Gasteiger partial charge in [-0.3, -0.25) is 0 Å². The van der Waals surface area contributed by atoms with Gasteiger partial charge in [0.15, 0.2) is 0 Å². The summed E-state index contributed by atoms with van der Waals surface area (Å²) in [5.41, 5.74) is 6.89. The van der Waals surface area contributed by atoms with Crippen LogP contribution in [0, 0.1) is 0 Å². The maximum absolute atomic E-state index is 11.1. The summed E-state index contributed by atoms with van der Waals surface area (Å²) in [4.78, 5) is 16.4. The number of aromatic nitrogens is 2. The minimum Gasteiger partial charge on any atom is -0.388 e. The lowest BCUT2D eigenvalue weighted by Crippen LogP contribution is -2.34. The zero-order valence-corrected chi connectivity index (χ0v) is 9.24. The summed E-state index contributed by atoms with van der Waals surface area (Å²) in [5.74, 6) is 0. The molecule has 0 radical (unpaired) electrons. The quantitative estimate of drug-likeness (QED) is 0.599. The van der Waals surface area contributed by atoms with E-state index in [1.165, 1.54) is 0 Å². The zero-order chi connectivity index (χ0) is 11.9. The predicted molar refractivity (Wildman–Crippen MR) is 62.1 cm³/mol. The molecule has 0 amide bonds. The van der Waals surface area contributed by atoms with E-state index in [9.17, 15) is 9.90 Å². The number of nitrogens with two attached hydrogens (primary N) is 1. The van der Waals surface area contributed by atoms with Gasteiger partial charge in [-0.1, -0.05) is 6.07 Å². The fourth-order valence-corrected chi connectivity index (χ4v) is 1.65. The van der Waals surface area contributed by atoms with Gasteiger partial charge in [0.05, 0.1) is 22.7 Å². The molecule has 0 spiro atoms. The summed E-state index contributed by atoms with van der Waals surface area (Å²) in [6.07, 6.45) is 0. The first-order valence-corrected chi connectivity index (χ1v) is 5.08. The molecule has 86 valence electrons. The van der Waals surface area contributed by atoms with Crippen LogP contribution in [0.25, 0.3) is 11.0 Å². The molecule has 5 N–H and O–H groups in total. The van der Waals surface area contributed by atoms with E-state index < -0.39 is 11.6 Å². The fourth-order valence-electron chi connectivity index (χ4n) is 1.65. The van der Waals surface area contributed by atoms with Crippen LogP contribution in [0.4, 0.5) is 0 Å². The zero-order valence-electron chi connectivity index (χ0n) is 9.24. The SMILES string of the molecule is CC(C)(O)C(N)c1ccc2[nH]c(=O)[nH]c2c1. The fraction of sp³-hybridized carbons (Fsp3) is 0.364. The third-order valence-electron chi connectivity index (χ3n) is 2.66. The number of rotatable bonds is 2. The van der Waals surface area contributed by atoms with Gasteiger partial charge in [0.1, 0.15) is 0 Å². The van der Waals surface area contributed by atoms with Crippen LogP contribution < -0.4 is 11.4 Å². The highest BCUT2D eigenvalue weighted by molar-refractivity contribution is 5.75. The summed E-state index contributed by atoms with van der Waals surface area (Å²) >= 11 is 0. The Morgan fingerprint density at radius 2 is 1.94 bits per heavy atom. The van der Waals surface area contributed by atoms with E-state index in [1.807, 2.05) is 0 Å². The minimum atomic E-state index is -0.996. The van der Waals surface area contributed by atoms with Crippen LogP contribution in [-0.4, -0.2) is 20.7 Å². The first kappa shape index (κ1) is 10.9. The number of aromatic amines is 2. The van der Waals surface area contributed by atoms with Crippen LogP contribution >= 0.6 is 0 Å². The Hall–Kier alpha value is -1.59. The van der Waals surface area contributed by atoms with Crippen molar-refractivity contribution in [2.75, 3.05) is 0 Å². The normalized spacial score (nSPS) is 14.2. The van der Waals surface area contributed by atoms with Gasteiger partial charge in [-0.05, 0) is 31.5 Å². The predicted octanol–water partition coefficient (Wildman–Crippen LogP) is 0.627. The molecule has 5 nitrogen and oxygen atoms in total. The molecule has 0 fully saturated rings. The highest BCUT2D eigenvalue weighted by atomic mass is 16.3. The van der Waals surface area contributed by atoms with Crippen molar-refractivity contribution in [3.63, 3.8) is 0 Å². The van der Waals surface area contributed by atoms with Crippen molar-refractivity contribution in [3.8, 4) is 0 Å². The highest BCUT2D eigenvalue weighted by Crippen LogP contribution is 2.24. The summed E-state index contributed by atoms with van der Waals surface area (Å²) in [6, 6.07) is 4.86. The van der Waals surface area contributed by atoms with E-state index in [0.29, 0.717) is 5.52 Å². The second kappa shape index (κ2) is 3.47. The van der Waals surface area contributed by atoms with E-state index in [4.69, 9.17) is 5.73 Å². The Kier molecular flexibility index (Phi) is 2.36. The topological polar surface area (TPSA) is 94.9 Å². The number of hydrogen-bond donors (Lipinski definition) is 4. The molecule has 0 aliphatic rings. The van der Waals surface area contributed by atoms with Crippen molar-refractivity contribution >= 4 is 11.0 Å². The second-order valence-corrected chi connectivity index (χ2v) is 4.52. The van der Waals surface area contributed by atoms with Gasteiger partial charge >= 0.3 is 5.69 Å². The number of H-pyrrole nitrogens is 2. The molecule has 0 saturated heterocycles. The Morgan fingerprint density at radius 3 is 2.56 bits per heavy atom. The third-order valence-corrected chi connectivity index (χ3v) is 2.66. The molecule has 0 bridgehead atoms. The Balaban J connectivity index is 2.50. The van der Waals surface area contributed by atoms with Crippen molar-refractivity contribution in [2.24, 2.45) is 5.73 Å². The van der Waals surface area contributed by atoms with Crippen LogP contribution in [0.3, 0.4) is 0 Å². The van der Waals surface area contributed by atoms with Crippen molar-refractivity contribution in [3.05, 3.63) is 34.2 Å². The Labute approximate surface area is 92.3 Å². The monoisotopic (exact) mass is 221 g/mol. The van der Waals surface area contributed by atoms with Crippen LogP contribution in [0.1, 0.15) is 25.5 Å². The average Bonchev–Trinajstić information content (AvgIpc) is 2.54. The van der Waals surface area contributed by atoms with Crippen LogP contribution in [0.15, 0.2) is 23.0 Å². The first-order chi connectivity index (χ1) is 7.38. The van der Waals surface area contributed by atoms with E-state index in [1.54, 1.807) is 32.0 Å². The molecule has 1 aromatic carbocycles. The van der Waals surface area contributed by atoms with E-state index >= 15 is 0 Å². The molecule has 1 heterocycles. The molecule has 1 aromatic heterocycles. The summed E-state index contributed by atoms with van der Waals surface area (Å²) in [7, 11) is 0. The smallest absolute Gasteiger partial charge is 0.323 e. The van der Waals surface area contributed by atoms with Crippen LogP contribution in [0.5, 0.6) is 0 Å². The number of fused-ring (bicyclic) bond motifs is 1. The number of benzene rings is 1. The van der Waals surface area contributed by atoms with Crippen molar-refractivity contribution in [1.29, 1.82) is 0 Å². The molecule has 5 heteroatoms. The molecular weight excluding hydrogens is 206 g/mol. The molecular formula is C11H15N3O2. The van der Waals surface area contributed by atoms with Crippen molar-refractivity contribution in [2.45, 2.75) is 25.5 Å². The largest absolute Gasteiger partial charge is 0.388 e. The lowest BCUT2D eigenvalue weighted by molar-refractivity contribution is 0.0518. The molecule has 0 saturated carbocycles. The highest BCUT2D eigenvalue weighted by Gasteiger charge is 2.24. The number of hydrogen-bond acceptors (Lipinski definition) is 3. The van der Waals surface area contributed by atoms with E-state index in [2.05, 4.69) is 9.97 Å². The van der Waals surface area contributed by atoms with Gasteiger partial charge in [0.2, 0.25) is 0 Å². The number of aliphatic hydroxyl groups is 1. The van der Waals surface area contributed by atoms with Gasteiger partial charge < -0.3 is 20.8 Å². The van der Waals surface area contributed by atoms with Crippen molar-refractivity contribution in [1.82, 2.24) is 9.97 Å². The maximum atomic E-state index is 11.1. The average molecular weight is 221 g/mol. The van der Waals surface area contributed by atoms with Crippen LogP contribution in [0.2, 0.25) is 0 Å². The molecule has 2 aromatic rings. The van der Waals surface area contributed by atoms with Gasteiger partial charge in [-0.2, -0.15) is 0 Å². The van der Waals surface area contributed by atoms with Crippen LogP contribution in [-0.2, 0) is 0 Å². The number of imidazole rings is 1.